The second-order valence-corrected chi connectivity index (χ2v) is 4.73. The summed E-state index contributed by atoms with van der Waals surface area (Å²) in [6.45, 7) is 1.89. The van der Waals surface area contributed by atoms with Gasteiger partial charge < -0.3 is 10.6 Å². The zero-order valence-electron chi connectivity index (χ0n) is 10.7. The predicted octanol–water partition coefficient (Wildman–Crippen LogP) is 2.09. The number of nitrogens with one attached hydrogen (secondary N) is 2. The molecule has 18 heavy (non-hydrogen) atoms. The predicted molar refractivity (Wildman–Crippen MR) is 70.5 cm³/mol. The van der Waals surface area contributed by atoms with Crippen molar-refractivity contribution in [3.05, 3.63) is 29.3 Å². The van der Waals surface area contributed by atoms with Crippen LogP contribution in [0.25, 0.3) is 0 Å². The number of hydrogen-bond donors (Lipinski definition) is 2. The molecular formula is C14H18N2O2. The lowest BCUT2D eigenvalue weighted by Crippen LogP contribution is -2.28. The topological polar surface area (TPSA) is 58.2 Å². The van der Waals surface area contributed by atoms with Gasteiger partial charge in [-0.2, -0.15) is 0 Å². The molecule has 2 amide bonds. The first-order valence-electron chi connectivity index (χ1n) is 6.25. The fourth-order valence-electron chi connectivity index (χ4n) is 1.99. The Balaban J connectivity index is 2.09. The lowest BCUT2D eigenvalue weighted by molar-refractivity contribution is -0.122. The standard InChI is InChI=1S/C14H18N2O2/c1-9-8-11(13(17)15-2)6-7-12(9)16-14(18)10-4-3-5-10/h6-8,10H,3-5H2,1-2H3,(H,15,17)(H,16,18). The highest BCUT2D eigenvalue weighted by Gasteiger charge is 2.25. The first-order valence-corrected chi connectivity index (χ1v) is 6.25. The number of aryl methyl sites for hydroxylation is 1. The van der Waals surface area contributed by atoms with Crippen LogP contribution in [0.1, 0.15) is 35.2 Å². The Kier molecular flexibility index (Phi) is 3.65. The number of carbonyl (C=O) groups is 2. The van der Waals surface area contributed by atoms with Crippen LogP contribution in [0, 0.1) is 12.8 Å². The number of carbonyl (C=O) groups excluding carboxylic acids is 2. The molecule has 0 spiro atoms. The van der Waals surface area contributed by atoms with Crippen molar-refractivity contribution in [1.82, 2.24) is 5.32 Å². The molecule has 1 aromatic carbocycles. The van der Waals surface area contributed by atoms with E-state index in [1.54, 1.807) is 25.2 Å². The van der Waals surface area contributed by atoms with E-state index in [1.165, 1.54) is 0 Å². The Labute approximate surface area is 107 Å². The first kappa shape index (κ1) is 12.6. The SMILES string of the molecule is CNC(=O)c1ccc(NC(=O)C2CCC2)c(C)c1. The normalized spacial score (nSPS) is 14.8. The highest BCUT2D eigenvalue weighted by Crippen LogP contribution is 2.28. The minimum atomic E-state index is -0.116. The summed E-state index contributed by atoms with van der Waals surface area (Å²) in [7, 11) is 1.60. The Bertz CT molecular complexity index is 479. The summed E-state index contributed by atoms with van der Waals surface area (Å²) in [4.78, 5) is 23.3. The van der Waals surface area contributed by atoms with Gasteiger partial charge in [0, 0.05) is 24.2 Å². The molecule has 1 saturated carbocycles. The van der Waals surface area contributed by atoms with Gasteiger partial charge in [0.1, 0.15) is 0 Å². The molecule has 1 aliphatic rings. The molecule has 4 heteroatoms. The van der Waals surface area contributed by atoms with Crippen molar-refractivity contribution in [3.8, 4) is 0 Å². The Morgan fingerprint density at radius 3 is 2.50 bits per heavy atom. The molecule has 2 rings (SSSR count). The third kappa shape index (κ3) is 2.53. The van der Waals surface area contributed by atoms with Gasteiger partial charge in [-0.25, -0.2) is 0 Å². The van der Waals surface area contributed by atoms with Crippen LogP contribution >= 0.6 is 0 Å². The molecular weight excluding hydrogens is 228 g/mol. The average Bonchev–Trinajstić information content (AvgIpc) is 2.28. The Morgan fingerprint density at radius 2 is 2.00 bits per heavy atom. The maximum absolute atomic E-state index is 11.8. The van der Waals surface area contributed by atoms with E-state index < -0.39 is 0 Å². The van der Waals surface area contributed by atoms with Gasteiger partial charge in [0.05, 0.1) is 0 Å². The van der Waals surface area contributed by atoms with Crippen LogP contribution in [-0.2, 0) is 4.79 Å². The molecule has 2 N–H and O–H groups in total. The van der Waals surface area contributed by atoms with E-state index in [-0.39, 0.29) is 17.7 Å². The second kappa shape index (κ2) is 5.21. The molecule has 1 aliphatic carbocycles. The summed E-state index contributed by atoms with van der Waals surface area (Å²) in [5.41, 5.74) is 2.31. The van der Waals surface area contributed by atoms with Crippen molar-refractivity contribution in [2.45, 2.75) is 26.2 Å². The minimum absolute atomic E-state index is 0.0945. The molecule has 0 heterocycles. The Morgan fingerprint density at radius 1 is 1.28 bits per heavy atom. The van der Waals surface area contributed by atoms with Gasteiger partial charge in [0.2, 0.25) is 5.91 Å². The van der Waals surface area contributed by atoms with Crippen molar-refractivity contribution in [1.29, 1.82) is 0 Å². The van der Waals surface area contributed by atoms with Crippen LogP contribution in [0.4, 0.5) is 5.69 Å². The molecule has 1 aromatic rings. The van der Waals surface area contributed by atoms with Gasteiger partial charge in [-0.1, -0.05) is 6.42 Å². The molecule has 4 nitrogen and oxygen atoms in total. The van der Waals surface area contributed by atoms with E-state index in [4.69, 9.17) is 0 Å². The molecule has 0 radical (unpaired) electrons. The van der Waals surface area contributed by atoms with E-state index in [0.717, 1.165) is 30.5 Å². The summed E-state index contributed by atoms with van der Waals surface area (Å²) >= 11 is 0. The zero-order valence-corrected chi connectivity index (χ0v) is 10.7. The number of rotatable bonds is 3. The van der Waals surface area contributed by atoms with Crippen molar-refractivity contribution < 1.29 is 9.59 Å². The first-order chi connectivity index (χ1) is 8.61. The summed E-state index contributed by atoms with van der Waals surface area (Å²) < 4.78 is 0. The van der Waals surface area contributed by atoms with Crippen LogP contribution in [-0.4, -0.2) is 18.9 Å². The van der Waals surface area contributed by atoms with Gasteiger partial charge >= 0.3 is 0 Å². The maximum atomic E-state index is 11.8. The van der Waals surface area contributed by atoms with Crippen LogP contribution in [0.3, 0.4) is 0 Å². The number of anilines is 1. The summed E-state index contributed by atoms with van der Waals surface area (Å²) in [5, 5.41) is 5.50. The van der Waals surface area contributed by atoms with E-state index >= 15 is 0 Å². The van der Waals surface area contributed by atoms with E-state index in [0.29, 0.717) is 5.56 Å². The molecule has 0 saturated heterocycles. The fourth-order valence-corrected chi connectivity index (χ4v) is 1.99. The maximum Gasteiger partial charge on any atom is 0.251 e. The van der Waals surface area contributed by atoms with Crippen LogP contribution in [0.2, 0.25) is 0 Å². The van der Waals surface area contributed by atoms with Gasteiger partial charge in [-0.05, 0) is 43.5 Å². The minimum Gasteiger partial charge on any atom is -0.355 e. The van der Waals surface area contributed by atoms with E-state index in [2.05, 4.69) is 10.6 Å². The summed E-state index contributed by atoms with van der Waals surface area (Å²) in [6.07, 6.45) is 3.12. The third-order valence-electron chi connectivity index (χ3n) is 3.45. The molecule has 96 valence electrons. The van der Waals surface area contributed by atoms with Crippen molar-refractivity contribution >= 4 is 17.5 Å². The third-order valence-corrected chi connectivity index (χ3v) is 3.45. The highest BCUT2D eigenvalue weighted by molar-refractivity contribution is 5.97. The van der Waals surface area contributed by atoms with E-state index in [1.807, 2.05) is 6.92 Å². The van der Waals surface area contributed by atoms with Crippen molar-refractivity contribution in [2.24, 2.45) is 5.92 Å². The second-order valence-electron chi connectivity index (χ2n) is 4.73. The van der Waals surface area contributed by atoms with Gasteiger partial charge in [-0.3, -0.25) is 9.59 Å². The summed E-state index contributed by atoms with van der Waals surface area (Å²) in [6, 6.07) is 5.30. The van der Waals surface area contributed by atoms with Gasteiger partial charge in [0.25, 0.3) is 5.91 Å². The van der Waals surface area contributed by atoms with Crippen LogP contribution in [0.15, 0.2) is 18.2 Å². The van der Waals surface area contributed by atoms with E-state index in [9.17, 15) is 9.59 Å². The molecule has 0 bridgehead atoms. The quantitative estimate of drug-likeness (QED) is 0.858. The number of amides is 2. The molecule has 0 atom stereocenters. The van der Waals surface area contributed by atoms with Crippen molar-refractivity contribution in [2.75, 3.05) is 12.4 Å². The summed E-state index contributed by atoms with van der Waals surface area (Å²) in [5.74, 6) is 0.148. The largest absolute Gasteiger partial charge is 0.355 e. The molecule has 0 aliphatic heterocycles. The van der Waals surface area contributed by atoms with Crippen molar-refractivity contribution in [3.63, 3.8) is 0 Å². The highest BCUT2D eigenvalue weighted by atomic mass is 16.2. The van der Waals surface area contributed by atoms with Gasteiger partial charge in [0.15, 0.2) is 0 Å². The number of hydrogen-bond acceptors (Lipinski definition) is 2. The van der Waals surface area contributed by atoms with Crippen LogP contribution in [0.5, 0.6) is 0 Å². The van der Waals surface area contributed by atoms with Gasteiger partial charge in [-0.15, -0.1) is 0 Å². The molecule has 1 fully saturated rings. The smallest absolute Gasteiger partial charge is 0.251 e. The lowest BCUT2D eigenvalue weighted by atomic mass is 9.85. The zero-order chi connectivity index (χ0) is 13.1. The lowest BCUT2D eigenvalue weighted by Gasteiger charge is -2.24. The average molecular weight is 246 g/mol. The Hall–Kier alpha value is -1.84. The van der Waals surface area contributed by atoms with Crippen LogP contribution < -0.4 is 10.6 Å². The fraction of sp³-hybridized carbons (Fsp3) is 0.429. The monoisotopic (exact) mass is 246 g/mol. The molecule has 0 unspecified atom stereocenters. The number of benzene rings is 1. The molecule has 0 aromatic heterocycles.